The minimum atomic E-state index is -0.997. The van der Waals surface area contributed by atoms with Gasteiger partial charge in [-0.3, -0.25) is 4.79 Å². The van der Waals surface area contributed by atoms with E-state index in [1.165, 1.54) is 0 Å². The average molecular weight is 417 g/mol. The average Bonchev–Trinajstić information content (AvgIpc) is 2.78. The summed E-state index contributed by atoms with van der Waals surface area (Å²) in [6, 6.07) is 16.5. The number of hydrogen-bond acceptors (Lipinski definition) is 4. The quantitative estimate of drug-likeness (QED) is 0.743. The number of nitrogens with zero attached hydrogens (tertiary/aromatic N) is 1. The molecule has 0 radical (unpaired) electrons. The van der Waals surface area contributed by atoms with Gasteiger partial charge in [-0.15, -0.1) is 0 Å². The van der Waals surface area contributed by atoms with E-state index in [4.69, 9.17) is 15.2 Å². The van der Waals surface area contributed by atoms with Crippen molar-refractivity contribution in [1.82, 2.24) is 0 Å². The molecular formula is C26H28N2O3. The smallest absolute Gasteiger partial charge is 0.244 e. The number of aryl methyl sites for hydroxylation is 1. The largest absolute Gasteiger partial charge is 0.498 e. The summed E-state index contributed by atoms with van der Waals surface area (Å²) in [4.78, 5) is 11.9. The van der Waals surface area contributed by atoms with Crippen LogP contribution in [0.1, 0.15) is 37.0 Å². The molecule has 1 unspecified atom stereocenters. The topological polar surface area (TPSA) is 85.3 Å². The monoisotopic (exact) mass is 416 g/mol. The maximum absolute atomic E-state index is 11.9. The summed E-state index contributed by atoms with van der Waals surface area (Å²) >= 11 is 0. The normalized spacial score (nSPS) is 18.6. The highest BCUT2D eigenvalue weighted by Crippen LogP contribution is 2.44. The van der Waals surface area contributed by atoms with Crippen molar-refractivity contribution in [3.63, 3.8) is 0 Å². The van der Waals surface area contributed by atoms with Crippen molar-refractivity contribution >= 4 is 5.91 Å². The first-order chi connectivity index (χ1) is 14.7. The molecule has 0 aliphatic heterocycles. The summed E-state index contributed by atoms with van der Waals surface area (Å²) in [7, 11) is 3.17. The second-order valence-electron chi connectivity index (χ2n) is 8.36. The van der Waals surface area contributed by atoms with Crippen LogP contribution in [-0.2, 0) is 25.3 Å². The zero-order valence-corrected chi connectivity index (χ0v) is 18.7. The zero-order valence-electron chi connectivity index (χ0n) is 18.7. The van der Waals surface area contributed by atoms with E-state index >= 15 is 0 Å². The van der Waals surface area contributed by atoms with Gasteiger partial charge in [-0.25, -0.2) is 0 Å². The predicted octanol–water partition coefficient (Wildman–Crippen LogP) is 4.65. The highest BCUT2D eigenvalue weighted by atomic mass is 16.5. The van der Waals surface area contributed by atoms with E-state index in [0.29, 0.717) is 11.3 Å². The standard InChI is InChI=1S/C26H28N2O3/c1-17-6-8-18(9-7-17)21-14-20(11-12-22(21)25(2,3)16-27)26(31-5)15-19(24(28)29)10-13-23(26)30-4/h6-14H,15H2,1-5H3,(H2,28,29). The highest BCUT2D eigenvalue weighted by Gasteiger charge is 2.42. The molecular weight excluding hydrogens is 388 g/mol. The molecule has 5 heteroatoms. The van der Waals surface area contributed by atoms with E-state index in [1.54, 1.807) is 26.4 Å². The fraction of sp³-hybridized carbons (Fsp3) is 0.308. The summed E-state index contributed by atoms with van der Waals surface area (Å²) in [5.41, 5.74) is 9.17. The molecule has 0 fully saturated rings. The molecule has 2 aromatic rings. The van der Waals surface area contributed by atoms with Crippen molar-refractivity contribution in [3.05, 3.63) is 82.6 Å². The Labute approximate surface area is 183 Å². The van der Waals surface area contributed by atoms with E-state index in [2.05, 4.69) is 6.07 Å². The second kappa shape index (κ2) is 8.41. The zero-order chi connectivity index (χ0) is 22.8. The van der Waals surface area contributed by atoms with Crippen LogP contribution >= 0.6 is 0 Å². The minimum absolute atomic E-state index is 0.257. The van der Waals surface area contributed by atoms with Crippen LogP contribution < -0.4 is 5.73 Å². The van der Waals surface area contributed by atoms with E-state index < -0.39 is 16.9 Å². The number of primary amides is 1. The maximum atomic E-state index is 11.9. The molecule has 160 valence electrons. The van der Waals surface area contributed by atoms with Crippen LogP contribution in [0.2, 0.25) is 0 Å². The van der Waals surface area contributed by atoms with Crippen LogP contribution in [0.15, 0.2) is 65.9 Å². The SMILES string of the molecule is COC1=CC=C(C(N)=O)CC1(OC)c1ccc(C(C)(C)C#N)c(-c2ccc(C)cc2)c1. The Hall–Kier alpha value is -3.36. The number of methoxy groups -OCH3 is 2. The molecule has 0 aromatic heterocycles. The molecule has 0 bridgehead atoms. The molecule has 31 heavy (non-hydrogen) atoms. The Morgan fingerprint density at radius 1 is 1.13 bits per heavy atom. The summed E-state index contributed by atoms with van der Waals surface area (Å²) in [6.45, 7) is 5.84. The lowest BCUT2D eigenvalue weighted by Gasteiger charge is -2.37. The number of ether oxygens (including phenoxy) is 2. The third kappa shape index (κ3) is 3.99. The Kier molecular flexibility index (Phi) is 6.06. The van der Waals surface area contributed by atoms with E-state index in [9.17, 15) is 10.1 Å². The van der Waals surface area contributed by atoms with Crippen molar-refractivity contribution in [2.75, 3.05) is 14.2 Å². The Balaban J connectivity index is 2.26. The Bertz CT molecular complexity index is 1100. The molecule has 0 saturated carbocycles. The molecule has 0 saturated heterocycles. The number of nitrogens with two attached hydrogens (primary N) is 1. The number of amides is 1. The molecule has 3 rings (SSSR count). The van der Waals surface area contributed by atoms with Crippen molar-refractivity contribution < 1.29 is 14.3 Å². The van der Waals surface area contributed by atoms with Crippen LogP contribution in [-0.4, -0.2) is 20.1 Å². The van der Waals surface area contributed by atoms with Gasteiger partial charge in [0, 0.05) is 19.1 Å². The van der Waals surface area contributed by atoms with Gasteiger partial charge in [-0.1, -0.05) is 42.0 Å². The molecule has 0 spiro atoms. The summed E-state index contributed by atoms with van der Waals surface area (Å²) in [5, 5.41) is 9.79. The molecule has 1 amide bonds. The lowest BCUT2D eigenvalue weighted by atomic mass is 9.76. The first-order valence-electron chi connectivity index (χ1n) is 10.1. The Morgan fingerprint density at radius 3 is 2.35 bits per heavy atom. The van der Waals surface area contributed by atoms with Gasteiger partial charge in [0.25, 0.3) is 0 Å². The van der Waals surface area contributed by atoms with E-state index in [-0.39, 0.29) is 6.42 Å². The summed E-state index contributed by atoms with van der Waals surface area (Å²) in [5.74, 6) is 0.0935. The Morgan fingerprint density at radius 2 is 1.81 bits per heavy atom. The molecule has 1 atom stereocenters. The lowest BCUT2D eigenvalue weighted by Crippen LogP contribution is -2.36. The fourth-order valence-electron chi connectivity index (χ4n) is 4.03. The van der Waals surface area contributed by atoms with Gasteiger partial charge in [-0.2, -0.15) is 5.26 Å². The van der Waals surface area contributed by atoms with Gasteiger partial charge in [0.1, 0.15) is 5.76 Å². The molecule has 2 aromatic carbocycles. The number of hydrogen-bond donors (Lipinski definition) is 1. The van der Waals surface area contributed by atoms with Gasteiger partial charge in [0.2, 0.25) is 5.91 Å². The number of benzene rings is 2. The second-order valence-corrected chi connectivity index (χ2v) is 8.36. The fourth-order valence-corrected chi connectivity index (χ4v) is 4.03. The third-order valence-corrected chi connectivity index (χ3v) is 5.96. The van der Waals surface area contributed by atoms with Gasteiger partial charge in [-0.05, 0) is 61.2 Å². The van der Waals surface area contributed by atoms with Crippen molar-refractivity contribution in [1.29, 1.82) is 5.26 Å². The molecule has 0 heterocycles. The molecule has 1 aliphatic carbocycles. The lowest BCUT2D eigenvalue weighted by molar-refractivity contribution is -0.115. The van der Waals surface area contributed by atoms with E-state index in [1.807, 2.05) is 63.2 Å². The van der Waals surface area contributed by atoms with Crippen LogP contribution in [0, 0.1) is 18.3 Å². The maximum Gasteiger partial charge on any atom is 0.244 e. The molecule has 2 N–H and O–H groups in total. The molecule has 1 aliphatic rings. The van der Waals surface area contributed by atoms with Crippen molar-refractivity contribution in [2.24, 2.45) is 5.73 Å². The van der Waals surface area contributed by atoms with Crippen LogP contribution in [0.3, 0.4) is 0 Å². The van der Waals surface area contributed by atoms with Gasteiger partial charge < -0.3 is 15.2 Å². The van der Waals surface area contributed by atoms with Gasteiger partial charge >= 0.3 is 0 Å². The first kappa shape index (κ1) is 22.3. The third-order valence-electron chi connectivity index (χ3n) is 5.96. The highest BCUT2D eigenvalue weighted by molar-refractivity contribution is 5.93. The van der Waals surface area contributed by atoms with Gasteiger partial charge in [0.15, 0.2) is 5.60 Å². The minimum Gasteiger partial charge on any atom is -0.498 e. The van der Waals surface area contributed by atoms with Crippen LogP contribution in [0.25, 0.3) is 11.1 Å². The first-order valence-corrected chi connectivity index (χ1v) is 10.1. The number of carbonyl (C=O) groups excluding carboxylic acids is 1. The number of allylic oxidation sites excluding steroid dienone is 2. The number of nitriles is 1. The summed E-state index contributed by atoms with van der Waals surface area (Å²) in [6.07, 6.45) is 3.66. The van der Waals surface area contributed by atoms with Crippen LogP contribution in [0.4, 0.5) is 0 Å². The van der Waals surface area contributed by atoms with Crippen LogP contribution in [0.5, 0.6) is 0 Å². The predicted molar refractivity (Wildman–Crippen MR) is 121 cm³/mol. The number of carbonyl (C=O) groups is 1. The molecule has 5 nitrogen and oxygen atoms in total. The number of rotatable bonds is 6. The van der Waals surface area contributed by atoms with E-state index in [0.717, 1.165) is 27.8 Å². The summed E-state index contributed by atoms with van der Waals surface area (Å²) < 4.78 is 11.7. The van der Waals surface area contributed by atoms with Crippen molar-refractivity contribution in [3.8, 4) is 17.2 Å². The van der Waals surface area contributed by atoms with Gasteiger partial charge in [0.05, 0.1) is 18.6 Å². The van der Waals surface area contributed by atoms with Crippen molar-refractivity contribution in [2.45, 2.75) is 38.2 Å².